The standard InChI is InChI=1S/C41H79NO2/c1-3-5-7-9-11-13-15-17-19-21-23-25-27-29-31-36-40(43)39-35-33-34-38-42(39)41(44)37-32-30-28-26-24-22-20-18-16-14-12-10-8-6-4-2/h39H,3-38H2,1-2H3. The SMILES string of the molecule is CCCCCCCCCCCCCCCCCC(=O)C1CCCCN1C(=O)CCCCCCCCCCCCCCCCC. The Hall–Kier alpha value is -0.860. The van der Waals surface area contributed by atoms with Gasteiger partial charge in [0.25, 0.3) is 0 Å². The van der Waals surface area contributed by atoms with Crippen molar-refractivity contribution in [1.29, 1.82) is 0 Å². The summed E-state index contributed by atoms with van der Waals surface area (Å²) >= 11 is 0. The number of carbonyl (C=O) groups excluding carboxylic acids is 2. The predicted molar refractivity (Wildman–Crippen MR) is 193 cm³/mol. The lowest BCUT2D eigenvalue weighted by Gasteiger charge is -2.35. The van der Waals surface area contributed by atoms with E-state index in [1.165, 1.54) is 173 Å². The summed E-state index contributed by atoms with van der Waals surface area (Å²) in [6, 6.07) is -0.126. The van der Waals surface area contributed by atoms with E-state index < -0.39 is 0 Å². The molecule has 1 rings (SSSR count). The minimum absolute atomic E-state index is 0.126. The smallest absolute Gasteiger partial charge is 0.223 e. The second kappa shape index (κ2) is 32.1. The van der Waals surface area contributed by atoms with Crippen molar-refractivity contribution in [3.05, 3.63) is 0 Å². The van der Waals surface area contributed by atoms with Gasteiger partial charge in [0.15, 0.2) is 5.78 Å². The molecule has 1 amide bonds. The molecule has 3 heteroatoms. The molecule has 1 fully saturated rings. The maximum Gasteiger partial charge on any atom is 0.223 e. The zero-order valence-corrected chi connectivity index (χ0v) is 30.3. The summed E-state index contributed by atoms with van der Waals surface area (Å²) in [7, 11) is 0. The van der Waals surface area contributed by atoms with Crippen LogP contribution in [0.5, 0.6) is 0 Å². The van der Waals surface area contributed by atoms with Crippen LogP contribution in [0.15, 0.2) is 0 Å². The Morgan fingerprint density at radius 1 is 0.432 bits per heavy atom. The van der Waals surface area contributed by atoms with Crippen molar-refractivity contribution in [2.24, 2.45) is 0 Å². The van der Waals surface area contributed by atoms with Gasteiger partial charge in [-0.25, -0.2) is 0 Å². The summed E-state index contributed by atoms with van der Waals surface area (Å²) < 4.78 is 0. The van der Waals surface area contributed by atoms with Crippen LogP contribution in [-0.2, 0) is 9.59 Å². The molecule has 260 valence electrons. The lowest BCUT2D eigenvalue weighted by Crippen LogP contribution is -2.47. The lowest BCUT2D eigenvalue weighted by atomic mass is 9.94. The molecule has 0 N–H and O–H groups in total. The molecule has 1 aliphatic rings. The number of likely N-dealkylation sites (tertiary alicyclic amines) is 1. The van der Waals surface area contributed by atoms with Gasteiger partial charge in [-0.05, 0) is 32.1 Å². The first-order valence-corrected chi connectivity index (χ1v) is 20.5. The molecule has 0 saturated carbocycles. The largest absolute Gasteiger partial charge is 0.333 e. The molecule has 1 aliphatic heterocycles. The highest BCUT2D eigenvalue weighted by Gasteiger charge is 2.30. The molecule has 3 nitrogen and oxygen atoms in total. The Morgan fingerprint density at radius 3 is 1.11 bits per heavy atom. The third-order valence-corrected chi connectivity index (χ3v) is 10.2. The van der Waals surface area contributed by atoms with Gasteiger partial charge in [0.2, 0.25) is 5.91 Å². The van der Waals surface area contributed by atoms with Crippen LogP contribution < -0.4 is 0 Å². The van der Waals surface area contributed by atoms with Crippen LogP contribution in [0.1, 0.15) is 239 Å². The van der Waals surface area contributed by atoms with Crippen LogP contribution in [0.25, 0.3) is 0 Å². The van der Waals surface area contributed by atoms with Crippen molar-refractivity contribution < 1.29 is 9.59 Å². The van der Waals surface area contributed by atoms with E-state index in [1.807, 2.05) is 4.90 Å². The van der Waals surface area contributed by atoms with Crippen LogP contribution in [0.3, 0.4) is 0 Å². The maximum atomic E-state index is 13.1. The van der Waals surface area contributed by atoms with Crippen molar-refractivity contribution >= 4 is 11.7 Å². The van der Waals surface area contributed by atoms with Gasteiger partial charge in [0, 0.05) is 19.4 Å². The van der Waals surface area contributed by atoms with E-state index in [1.54, 1.807) is 0 Å². The monoisotopic (exact) mass is 618 g/mol. The van der Waals surface area contributed by atoms with Gasteiger partial charge < -0.3 is 4.90 Å². The average Bonchev–Trinajstić information content (AvgIpc) is 3.04. The van der Waals surface area contributed by atoms with E-state index in [2.05, 4.69) is 13.8 Å². The predicted octanol–water partition coefficient (Wildman–Crippen LogP) is 13.5. The molecule has 1 saturated heterocycles. The topological polar surface area (TPSA) is 37.4 Å². The number of nitrogens with zero attached hydrogens (tertiary/aromatic N) is 1. The van der Waals surface area contributed by atoms with Crippen LogP contribution in [-0.4, -0.2) is 29.2 Å². The molecule has 44 heavy (non-hydrogen) atoms. The molecule has 1 heterocycles. The molecule has 0 aromatic heterocycles. The molecule has 0 aromatic carbocycles. The summed E-state index contributed by atoms with van der Waals surface area (Å²) in [6.07, 6.45) is 44.8. The first-order valence-electron chi connectivity index (χ1n) is 20.5. The van der Waals surface area contributed by atoms with E-state index in [4.69, 9.17) is 0 Å². The summed E-state index contributed by atoms with van der Waals surface area (Å²) in [4.78, 5) is 28.1. The number of amides is 1. The maximum absolute atomic E-state index is 13.1. The quantitative estimate of drug-likeness (QED) is 0.0687. The third kappa shape index (κ3) is 24.4. The number of rotatable bonds is 33. The number of ketones is 1. The van der Waals surface area contributed by atoms with E-state index in [0.29, 0.717) is 18.6 Å². The van der Waals surface area contributed by atoms with Gasteiger partial charge in [0.05, 0.1) is 6.04 Å². The van der Waals surface area contributed by atoms with Gasteiger partial charge in [-0.2, -0.15) is 0 Å². The Bertz CT molecular complexity index is 578. The van der Waals surface area contributed by atoms with Crippen molar-refractivity contribution in [2.75, 3.05) is 6.54 Å². The van der Waals surface area contributed by atoms with Gasteiger partial charge in [-0.1, -0.05) is 194 Å². The van der Waals surface area contributed by atoms with E-state index in [0.717, 1.165) is 45.1 Å². The van der Waals surface area contributed by atoms with E-state index in [9.17, 15) is 9.59 Å². The molecule has 1 atom stereocenters. The summed E-state index contributed by atoms with van der Waals surface area (Å²) in [5, 5.41) is 0. The molecule has 0 aromatic rings. The van der Waals surface area contributed by atoms with Crippen LogP contribution in [0.2, 0.25) is 0 Å². The van der Waals surface area contributed by atoms with Gasteiger partial charge in [-0.15, -0.1) is 0 Å². The molecule has 1 unspecified atom stereocenters. The summed E-state index contributed by atoms with van der Waals surface area (Å²) in [6.45, 7) is 5.37. The Balaban J connectivity index is 1.98. The number of piperidine rings is 1. The first kappa shape index (κ1) is 41.2. The second-order valence-corrected chi connectivity index (χ2v) is 14.5. The van der Waals surface area contributed by atoms with Crippen molar-refractivity contribution in [3.63, 3.8) is 0 Å². The zero-order valence-electron chi connectivity index (χ0n) is 30.3. The molecule has 0 radical (unpaired) electrons. The number of unbranched alkanes of at least 4 members (excludes halogenated alkanes) is 28. The normalized spacial score (nSPS) is 15.2. The minimum Gasteiger partial charge on any atom is -0.333 e. The Labute approximate surface area is 276 Å². The summed E-state index contributed by atoms with van der Waals surface area (Å²) in [5.74, 6) is 0.582. The highest BCUT2D eigenvalue weighted by atomic mass is 16.2. The van der Waals surface area contributed by atoms with E-state index in [-0.39, 0.29) is 11.9 Å². The summed E-state index contributed by atoms with van der Waals surface area (Å²) in [5.41, 5.74) is 0. The number of carbonyl (C=O) groups is 2. The Morgan fingerprint density at radius 2 is 0.750 bits per heavy atom. The van der Waals surface area contributed by atoms with Crippen molar-refractivity contribution in [3.8, 4) is 0 Å². The average molecular weight is 618 g/mol. The minimum atomic E-state index is -0.126. The van der Waals surface area contributed by atoms with Gasteiger partial charge >= 0.3 is 0 Å². The molecular weight excluding hydrogens is 538 g/mol. The first-order chi connectivity index (χ1) is 21.7. The molecule has 0 aliphatic carbocycles. The number of hydrogen-bond donors (Lipinski definition) is 0. The fourth-order valence-corrected chi connectivity index (χ4v) is 7.19. The molecule has 0 bridgehead atoms. The zero-order chi connectivity index (χ0) is 31.8. The fraction of sp³-hybridized carbons (Fsp3) is 0.951. The highest BCUT2D eigenvalue weighted by Crippen LogP contribution is 2.22. The highest BCUT2D eigenvalue weighted by molar-refractivity contribution is 5.89. The van der Waals surface area contributed by atoms with Crippen molar-refractivity contribution in [1.82, 2.24) is 4.90 Å². The number of Topliss-reactive ketones (excluding diaryl/α,β-unsaturated/α-hetero) is 1. The molecule has 0 spiro atoms. The lowest BCUT2D eigenvalue weighted by molar-refractivity contribution is -0.141. The van der Waals surface area contributed by atoms with Crippen molar-refractivity contribution in [2.45, 2.75) is 245 Å². The van der Waals surface area contributed by atoms with Crippen LogP contribution in [0, 0.1) is 0 Å². The third-order valence-electron chi connectivity index (χ3n) is 10.2. The number of hydrogen-bond acceptors (Lipinski definition) is 2. The second-order valence-electron chi connectivity index (χ2n) is 14.5. The van der Waals surface area contributed by atoms with Crippen LogP contribution in [0.4, 0.5) is 0 Å². The Kier molecular flexibility index (Phi) is 30.0. The van der Waals surface area contributed by atoms with E-state index >= 15 is 0 Å². The van der Waals surface area contributed by atoms with Gasteiger partial charge in [-0.3, -0.25) is 9.59 Å². The fourth-order valence-electron chi connectivity index (χ4n) is 7.19. The van der Waals surface area contributed by atoms with Gasteiger partial charge in [0.1, 0.15) is 0 Å². The van der Waals surface area contributed by atoms with Crippen LogP contribution >= 0.6 is 0 Å². The molecular formula is C41H79NO2.